The zero-order valence-corrected chi connectivity index (χ0v) is 10.6. The summed E-state index contributed by atoms with van der Waals surface area (Å²) in [6.07, 6.45) is 0. The Kier molecular flexibility index (Phi) is 4.20. The van der Waals surface area contributed by atoms with Crippen molar-refractivity contribution in [2.75, 3.05) is 5.75 Å². The molecule has 0 aliphatic heterocycles. The summed E-state index contributed by atoms with van der Waals surface area (Å²) in [5.41, 5.74) is 1.13. The zero-order valence-electron chi connectivity index (χ0n) is 9.79. The van der Waals surface area contributed by atoms with Crippen LogP contribution in [-0.2, 0) is 6.61 Å². The number of rotatable bonds is 5. The first-order chi connectivity index (χ1) is 8.78. The van der Waals surface area contributed by atoms with Crippen LogP contribution in [0, 0.1) is 18.3 Å². The normalized spacial score (nSPS) is 10.0. The van der Waals surface area contributed by atoms with Crippen LogP contribution in [0.15, 0.2) is 33.9 Å². The van der Waals surface area contributed by atoms with Gasteiger partial charge in [0, 0.05) is 0 Å². The topological polar surface area (TPSA) is 71.9 Å². The van der Waals surface area contributed by atoms with Crippen molar-refractivity contribution in [3.8, 4) is 11.8 Å². The molecule has 0 radical (unpaired) electrons. The molecule has 18 heavy (non-hydrogen) atoms. The van der Waals surface area contributed by atoms with E-state index in [2.05, 4.69) is 10.2 Å². The van der Waals surface area contributed by atoms with Gasteiger partial charge in [-0.1, -0.05) is 23.9 Å². The van der Waals surface area contributed by atoms with E-state index in [0.29, 0.717) is 16.9 Å². The Labute approximate surface area is 109 Å². The average molecular weight is 261 g/mol. The Morgan fingerprint density at radius 1 is 1.44 bits per heavy atom. The minimum atomic E-state index is 0.226. The van der Waals surface area contributed by atoms with Gasteiger partial charge in [0.25, 0.3) is 11.1 Å². The average Bonchev–Trinajstić information content (AvgIpc) is 2.82. The Morgan fingerprint density at radius 3 is 3.11 bits per heavy atom. The van der Waals surface area contributed by atoms with Gasteiger partial charge in [-0.05, 0) is 24.6 Å². The lowest BCUT2D eigenvalue weighted by Gasteiger charge is -2.03. The molecule has 0 aliphatic rings. The van der Waals surface area contributed by atoms with Crippen LogP contribution in [0.25, 0.3) is 0 Å². The molecule has 5 nitrogen and oxygen atoms in total. The summed E-state index contributed by atoms with van der Waals surface area (Å²) in [5.74, 6) is 1.46. The van der Waals surface area contributed by atoms with Crippen molar-refractivity contribution in [2.24, 2.45) is 0 Å². The van der Waals surface area contributed by atoms with E-state index < -0.39 is 0 Å². The molecule has 0 aliphatic carbocycles. The molecule has 1 aromatic heterocycles. The van der Waals surface area contributed by atoms with Gasteiger partial charge >= 0.3 is 0 Å². The van der Waals surface area contributed by atoms with Crippen molar-refractivity contribution in [2.45, 2.75) is 18.8 Å². The predicted molar refractivity (Wildman–Crippen MR) is 66.1 cm³/mol. The van der Waals surface area contributed by atoms with E-state index in [4.69, 9.17) is 14.4 Å². The molecule has 0 atom stereocenters. The van der Waals surface area contributed by atoms with Gasteiger partial charge in [-0.25, -0.2) is 0 Å². The second-order valence-corrected chi connectivity index (χ2v) is 4.44. The molecule has 2 aromatic rings. The Morgan fingerprint density at radius 2 is 2.33 bits per heavy atom. The second kappa shape index (κ2) is 6.07. The lowest BCUT2D eigenvalue weighted by Crippen LogP contribution is -1.95. The summed E-state index contributed by atoms with van der Waals surface area (Å²) in [6, 6.07) is 9.71. The van der Waals surface area contributed by atoms with Gasteiger partial charge in [-0.3, -0.25) is 0 Å². The fourth-order valence-electron chi connectivity index (χ4n) is 1.30. The third-order valence-electron chi connectivity index (χ3n) is 2.06. The maximum Gasteiger partial charge on any atom is 0.277 e. The SMILES string of the molecule is Cc1cccc(OCc2nnc(SCC#N)o2)c1. The summed E-state index contributed by atoms with van der Waals surface area (Å²) in [5, 5.41) is 16.4. The standard InChI is InChI=1S/C12H11N3O2S/c1-9-3-2-4-10(7-9)16-8-11-14-15-12(17-11)18-6-5-13/h2-4,7H,6,8H2,1H3. The Hall–Kier alpha value is -2.00. The second-order valence-electron chi connectivity index (χ2n) is 3.51. The molecule has 0 saturated carbocycles. The maximum atomic E-state index is 8.43. The first kappa shape index (κ1) is 12.5. The molecule has 0 bridgehead atoms. The Balaban J connectivity index is 1.90. The van der Waals surface area contributed by atoms with E-state index in [1.807, 2.05) is 37.3 Å². The molecular weight excluding hydrogens is 250 g/mol. The number of benzene rings is 1. The largest absolute Gasteiger partial charge is 0.484 e. The lowest BCUT2D eigenvalue weighted by atomic mass is 10.2. The number of nitrogens with zero attached hydrogens (tertiary/aromatic N) is 3. The number of hydrogen-bond donors (Lipinski definition) is 0. The molecule has 0 amide bonds. The molecule has 1 heterocycles. The van der Waals surface area contributed by atoms with Crippen LogP contribution in [-0.4, -0.2) is 16.0 Å². The molecule has 0 N–H and O–H groups in total. The highest BCUT2D eigenvalue weighted by Crippen LogP contribution is 2.17. The van der Waals surface area contributed by atoms with Crippen LogP contribution in [0.2, 0.25) is 0 Å². The smallest absolute Gasteiger partial charge is 0.277 e. The van der Waals surface area contributed by atoms with Crippen LogP contribution in [0.3, 0.4) is 0 Å². The maximum absolute atomic E-state index is 8.43. The van der Waals surface area contributed by atoms with Gasteiger partial charge in [0.1, 0.15) is 5.75 Å². The number of ether oxygens (including phenoxy) is 1. The van der Waals surface area contributed by atoms with E-state index >= 15 is 0 Å². The van der Waals surface area contributed by atoms with Gasteiger partial charge in [0.15, 0.2) is 6.61 Å². The first-order valence-electron chi connectivity index (χ1n) is 5.29. The summed E-state index contributed by atoms with van der Waals surface area (Å²) in [6.45, 7) is 2.22. The number of aromatic nitrogens is 2. The van der Waals surface area contributed by atoms with E-state index in [-0.39, 0.29) is 6.61 Å². The van der Waals surface area contributed by atoms with Gasteiger partial charge < -0.3 is 9.15 Å². The highest BCUT2D eigenvalue weighted by atomic mass is 32.2. The van der Waals surface area contributed by atoms with Crippen molar-refractivity contribution in [1.82, 2.24) is 10.2 Å². The first-order valence-corrected chi connectivity index (χ1v) is 6.28. The van der Waals surface area contributed by atoms with E-state index in [1.54, 1.807) is 0 Å². The van der Waals surface area contributed by atoms with Crippen LogP contribution >= 0.6 is 11.8 Å². The minimum absolute atomic E-state index is 0.226. The number of hydrogen-bond acceptors (Lipinski definition) is 6. The summed E-state index contributed by atoms with van der Waals surface area (Å²) in [7, 11) is 0. The van der Waals surface area contributed by atoms with Gasteiger partial charge in [-0.15, -0.1) is 10.2 Å². The molecule has 0 unspecified atom stereocenters. The molecule has 1 aromatic carbocycles. The molecule has 0 saturated heterocycles. The van der Waals surface area contributed by atoms with E-state index in [9.17, 15) is 0 Å². The lowest BCUT2D eigenvalue weighted by molar-refractivity contribution is 0.252. The zero-order chi connectivity index (χ0) is 12.8. The highest BCUT2D eigenvalue weighted by molar-refractivity contribution is 7.99. The number of thioether (sulfide) groups is 1. The fourth-order valence-corrected chi connectivity index (χ4v) is 1.74. The van der Waals surface area contributed by atoms with Crippen LogP contribution in [0.1, 0.15) is 11.5 Å². The number of aryl methyl sites for hydroxylation is 1. The monoisotopic (exact) mass is 261 g/mol. The Bertz CT molecular complexity index is 562. The van der Waals surface area contributed by atoms with Crippen molar-refractivity contribution in [3.05, 3.63) is 35.7 Å². The van der Waals surface area contributed by atoms with Crippen molar-refractivity contribution in [3.63, 3.8) is 0 Å². The van der Waals surface area contributed by atoms with Crippen molar-refractivity contribution in [1.29, 1.82) is 5.26 Å². The number of nitriles is 1. The summed E-state index contributed by atoms with van der Waals surface area (Å²) < 4.78 is 10.8. The third-order valence-corrected chi connectivity index (χ3v) is 2.75. The van der Waals surface area contributed by atoms with E-state index in [0.717, 1.165) is 11.3 Å². The quantitative estimate of drug-likeness (QED) is 0.770. The molecule has 6 heteroatoms. The van der Waals surface area contributed by atoms with Gasteiger partial charge in [-0.2, -0.15) is 5.26 Å². The summed E-state index contributed by atoms with van der Waals surface area (Å²) >= 11 is 1.21. The highest BCUT2D eigenvalue weighted by Gasteiger charge is 2.07. The molecule has 0 fully saturated rings. The van der Waals surface area contributed by atoms with Crippen LogP contribution in [0.4, 0.5) is 0 Å². The van der Waals surface area contributed by atoms with Crippen molar-refractivity contribution >= 4 is 11.8 Å². The minimum Gasteiger partial charge on any atom is -0.484 e. The third kappa shape index (κ3) is 3.50. The van der Waals surface area contributed by atoms with Crippen LogP contribution < -0.4 is 4.74 Å². The van der Waals surface area contributed by atoms with Gasteiger partial charge in [0.2, 0.25) is 0 Å². The fraction of sp³-hybridized carbons (Fsp3) is 0.250. The van der Waals surface area contributed by atoms with E-state index in [1.165, 1.54) is 11.8 Å². The predicted octanol–water partition coefficient (Wildman–Crippen LogP) is 2.57. The molecule has 0 spiro atoms. The van der Waals surface area contributed by atoms with Gasteiger partial charge in [0.05, 0.1) is 11.8 Å². The summed E-state index contributed by atoms with van der Waals surface area (Å²) in [4.78, 5) is 0. The van der Waals surface area contributed by atoms with Crippen LogP contribution in [0.5, 0.6) is 5.75 Å². The van der Waals surface area contributed by atoms with Crippen molar-refractivity contribution < 1.29 is 9.15 Å². The molecule has 2 rings (SSSR count). The molecule has 92 valence electrons. The molecular formula is C12H11N3O2S.